The van der Waals surface area contributed by atoms with Crippen LogP contribution in [-0.2, 0) is 0 Å². The lowest BCUT2D eigenvalue weighted by Gasteiger charge is -2.02. The van der Waals surface area contributed by atoms with Crippen LogP contribution in [-0.4, -0.2) is 16.5 Å². The molecule has 0 aliphatic rings. The van der Waals surface area contributed by atoms with Gasteiger partial charge in [-0.1, -0.05) is 18.2 Å². The number of thioether (sulfide) groups is 2. The predicted molar refractivity (Wildman–Crippen MR) is 76.5 cm³/mol. The second kappa shape index (κ2) is 6.57. The van der Waals surface area contributed by atoms with Crippen molar-refractivity contribution in [1.29, 1.82) is 0 Å². The summed E-state index contributed by atoms with van der Waals surface area (Å²) in [5.41, 5.74) is 5.53. The number of nitrogen functional groups attached to an aromatic ring is 1. The van der Waals surface area contributed by atoms with Crippen LogP contribution in [0, 0.1) is 0 Å². The van der Waals surface area contributed by atoms with E-state index in [1.54, 1.807) is 0 Å². The van der Waals surface area contributed by atoms with E-state index in [4.69, 9.17) is 5.73 Å². The fraction of sp³-hybridized carbons (Fsp3) is 0.154. The molecule has 0 saturated carbocycles. The van der Waals surface area contributed by atoms with Gasteiger partial charge in [-0.25, -0.2) is 4.98 Å². The Hall–Kier alpha value is -1.13. The molecule has 0 bridgehead atoms. The van der Waals surface area contributed by atoms with E-state index in [0.29, 0.717) is 5.82 Å². The Bertz CT molecular complexity index is 443. The summed E-state index contributed by atoms with van der Waals surface area (Å²) in [4.78, 5) is 6.56. The zero-order chi connectivity index (χ0) is 11.9. The number of nitrogens with two attached hydrogens (primary N) is 1. The highest BCUT2D eigenvalue weighted by molar-refractivity contribution is 8.03. The second-order valence-electron chi connectivity index (χ2n) is 3.43. The van der Waals surface area contributed by atoms with Crippen LogP contribution >= 0.6 is 23.5 Å². The van der Waals surface area contributed by atoms with Crippen molar-refractivity contribution in [2.24, 2.45) is 0 Å². The third kappa shape index (κ3) is 4.32. The molecule has 1 aromatic heterocycles. The van der Waals surface area contributed by atoms with Gasteiger partial charge in [0.05, 0.1) is 0 Å². The Labute approximate surface area is 110 Å². The molecule has 2 nitrogen and oxygen atoms in total. The molecule has 0 unspecified atom stereocenters. The minimum absolute atomic E-state index is 0.577. The first-order valence-corrected chi connectivity index (χ1v) is 7.34. The van der Waals surface area contributed by atoms with Gasteiger partial charge in [0, 0.05) is 27.5 Å². The first kappa shape index (κ1) is 12.3. The van der Waals surface area contributed by atoms with Gasteiger partial charge in [0.25, 0.3) is 0 Å². The molecule has 0 aliphatic heterocycles. The minimum Gasteiger partial charge on any atom is -0.384 e. The lowest BCUT2D eigenvalue weighted by atomic mass is 10.4. The molecule has 88 valence electrons. The first-order valence-electron chi connectivity index (χ1n) is 5.37. The summed E-state index contributed by atoms with van der Waals surface area (Å²) >= 11 is 3.69. The van der Waals surface area contributed by atoms with E-state index in [9.17, 15) is 0 Å². The largest absolute Gasteiger partial charge is 0.384 e. The highest BCUT2D eigenvalue weighted by Gasteiger charge is 1.96. The normalized spacial score (nSPS) is 10.4. The summed E-state index contributed by atoms with van der Waals surface area (Å²) in [5, 5.41) is 0. The van der Waals surface area contributed by atoms with E-state index in [0.717, 1.165) is 11.5 Å². The van der Waals surface area contributed by atoms with E-state index in [2.05, 4.69) is 29.2 Å². The van der Waals surface area contributed by atoms with Crippen molar-refractivity contribution in [3.8, 4) is 0 Å². The SMILES string of the molecule is Nc1ccc(SCCSc2ccccc2)cn1. The van der Waals surface area contributed by atoms with Crippen molar-refractivity contribution in [3.63, 3.8) is 0 Å². The molecule has 0 spiro atoms. The van der Waals surface area contributed by atoms with Crippen molar-refractivity contribution < 1.29 is 0 Å². The number of anilines is 1. The molecular formula is C13H14N2S2. The van der Waals surface area contributed by atoms with Gasteiger partial charge in [-0.3, -0.25) is 0 Å². The number of nitrogens with zero attached hydrogens (tertiary/aromatic N) is 1. The smallest absolute Gasteiger partial charge is 0.123 e. The van der Waals surface area contributed by atoms with E-state index in [1.165, 1.54) is 9.79 Å². The third-order valence-electron chi connectivity index (χ3n) is 2.12. The predicted octanol–water partition coefficient (Wildman–Crippen LogP) is 3.55. The van der Waals surface area contributed by atoms with E-state index >= 15 is 0 Å². The molecule has 0 amide bonds. The molecule has 2 N–H and O–H groups in total. The van der Waals surface area contributed by atoms with Gasteiger partial charge in [-0.2, -0.15) is 0 Å². The Morgan fingerprint density at radius 2 is 1.59 bits per heavy atom. The van der Waals surface area contributed by atoms with Crippen molar-refractivity contribution in [2.75, 3.05) is 17.2 Å². The Kier molecular flexibility index (Phi) is 4.76. The molecular weight excluding hydrogens is 248 g/mol. The van der Waals surface area contributed by atoms with Crippen LogP contribution in [0.1, 0.15) is 0 Å². The maximum atomic E-state index is 5.53. The lowest BCUT2D eigenvalue weighted by Crippen LogP contribution is -1.89. The summed E-state index contributed by atoms with van der Waals surface area (Å²) in [6.07, 6.45) is 1.83. The average molecular weight is 262 g/mol. The summed E-state index contributed by atoms with van der Waals surface area (Å²) in [5.74, 6) is 2.75. The zero-order valence-electron chi connectivity index (χ0n) is 9.37. The fourth-order valence-corrected chi connectivity index (χ4v) is 3.09. The molecule has 0 saturated heterocycles. The van der Waals surface area contributed by atoms with Crippen molar-refractivity contribution in [3.05, 3.63) is 48.7 Å². The lowest BCUT2D eigenvalue weighted by molar-refractivity contribution is 1.24. The van der Waals surface area contributed by atoms with Gasteiger partial charge in [-0.05, 0) is 24.3 Å². The van der Waals surface area contributed by atoms with Gasteiger partial charge >= 0.3 is 0 Å². The average Bonchev–Trinajstić information content (AvgIpc) is 2.38. The van der Waals surface area contributed by atoms with Gasteiger partial charge in [0.2, 0.25) is 0 Å². The van der Waals surface area contributed by atoms with Crippen molar-refractivity contribution in [1.82, 2.24) is 4.98 Å². The van der Waals surface area contributed by atoms with E-state index in [-0.39, 0.29) is 0 Å². The maximum Gasteiger partial charge on any atom is 0.123 e. The molecule has 2 aromatic rings. The topological polar surface area (TPSA) is 38.9 Å². The van der Waals surface area contributed by atoms with Gasteiger partial charge in [0.1, 0.15) is 5.82 Å². The van der Waals surface area contributed by atoms with Crippen LogP contribution in [0.2, 0.25) is 0 Å². The van der Waals surface area contributed by atoms with Gasteiger partial charge in [0.15, 0.2) is 0 Å². The van der Waals surface area contributed by atoms with Crippen LogP contribution in [0.4, 0.5) is 5.82 Å². The molecule has 4 heteroatoms. The van der Waals surface area contributed by atoms with Crippen LogP contribution in [0.3, 0.4) is 0 Å². The number of pyridine rings is 1. The number of hydrogen-bond acceptors (Lipinski definition) is 4. The number of aromatic nitrogens is 1. The zero-order valence-corrected chi connectivity index (χ0v) is 11.0. The molecule has 0 atom stereocenters. The first-order chi connectivity index (χ1) is 8.34. The second-order valence-corrected chi connectivity index (χ2v) is 5.77. The Morgan fingerprint density at radius 3 is 2.24 bits per heavy atom. The van der Waals surface area contributed by atoms with Crippen LogP contribution in [0.15, 0.2) is 58.5 Å². The molecule has 1 heterocycles. The summed E-state index contributed by atoms with van der Waals surface area (Å²) < 4.78 is 0. The minimum atomic E-state index is 0.577. The standard InChI is InChI=1S/C13H14N2S2/c14-13-7-6-12(10-15-13)17-9-8-16-11-4-2-1-3-5-11/h1-7,10H,8-9H2,(H2,14,15). The third-order valence-corrected chi connectivity index (χ3v) is 4.38. The number of rotatable bonds is 5. The highest BCUT2D eigenvalue weighted by Crippen LogP contribution is 2.22. The van der Waals surface area contributed by atoms with Crippen molar-refractivity contribution >= 4 is 29.3 Å². The van der Waals surface area contributed by atoms with Crippen LogP contribution in [0.25, 0.3) is 0 Å². The Balaban J connectivity index is 1.71. The molecule has 2 rings (SSSR count). The van der Waals surface area contributed by atoms with Crippen LogP contribution < -0.4 is 5.73 Å². The van der Waals surface area contributed by atoms with Gasteiger partial charge < -0.3 is 5.73 Å². The molecule has 0 aliphatic carbocycles. The van der Waals surface area contributed by atoms with Crippen LogP contribution in [0.5, 0.6) is 0 Å². The van der Waals surface area contributed by atoms with E-state index in [1.807, 2.05) is 47.9 Å². The molecule has 17 heavy (non-hydrogen) atoms. The number of benzene rings is 1. The molecule has 1 aromatic carbocycles. The summed E-state index contributed by atoms with van der Waals surface area (Å²) in [7, 11) is 0. The van der Waals surface area contributed by atoms with Crippen molar-refractivity contribution in [2.45, 2.75) is 9.79 Å². The van der Waals surface area contributed by atoms with E-state index < -0.39 is 0 Å². The highest BCUT2D eigenvalue weighted by atomic mass is 32.2. The summed E-state index contributed by atoms with van der Waals surface area (Å²) in [6, 6.07) is 14.3. The Morgan fingerprint density at radius 1 is 0.882 bits per heavy atom. The monoisotopic (exact) mass is 262 g/mol. The van der Waals surface area contributed by atoms with Gasteiger partial charge in [-0.15, -0.1) is 23.5 Å². The molecule has 0 radical (unpaired) electrons. The molecule has 0 fully saturated rings. The fourth-order valence-electron chi connectivity index (χ4n) is 1.31. The quantitative estimate of drug-likeness (QED) is 0.660. The number of hydrogen-bond donors (Lipinski definition) is 1. The summed E-state index contributed by atoms with van der Waals surface area (Å²) in [6.45, 7) is 0. The maximum absolute atomic E-state index is 5.53.